The minimum Gasteiger partial charge on any atom is -0.345 e. The zero-order valence-corrected chi connectivity index (χ0v) is 13.1. The third-order valence-corrected chi connectivity index (χ3v) is 5.09. The highest BCUT2D eigenvalue weighted by atomic mass is 32.1. The highest BCUT2D eigenvalue weighted by molar-refractivity contribution is 7.15. The lowest BCUT2D eigenvalue weighted by atomic mass is 9.99. The zero-order chi connectivity index (χ0) is 13.7. The molecule has 1 saturated heterocycles. The molecule has 1 atom stereocenters. The first kappa shape index (κ1) is 14.8. The molecule has 1 aromatic rings. The molecular formula is C15H27N3S. The summed E-state index contributed by atoms with van der Waals surface area (Å²) >= 11 is 1.83. The van der Waals surface area contributed by atoms with E-state index in [1.807, 2.05) is 11.3 Å². The number of aryl methyl sites for hydroxylation is 1. The Kier molecular flexibility index (Phi) is 5.64. The Morgan fingerprint density at radius 2 is 2.16 bits per heavy atom. The Bertz CT molecular complexity index is 387. The summed E-state index contributed by atoms with van der Waals surface area (Å²) in [6.45, 7) is 6.30. The van der Waals surface area contributed by atoms with Gasteiger partial charge in [0, 0.05) is 24.0 Å². The Morgan fingerprint density at radius 1 is 1.32 bits per heavy atom. The van der Waals surface area contributed by atoms with Gasteiger partial charge in [-0.3, -0.25) is 0 Å². The summed E-state index contributed by atoms with van der Waals surface area (Å²) < 4.78 is 0. The van der Waals surface area contributed by atoms with Crippen molar-refractivity contribution < 1.29 is 0 Å². The monoisotopic (exact) mass is 281 g/mol. The summed E-state index contributed by atoms with van der Waals surface area (Å²) in [7, 11) is 0. The van der Waals surface area contributed by atoms with E-state index in [0.717, 1.165) is 12.8 Å². The minimum atomic E-state index is 0.638. The highest BCUT2D eigenvalue weighted by Gasteiger charge is 2.25. The molecule has 0 spiro atoms. The maximum absolute atomic E-state index is 5.87. The second-order valence-corrected chi connectivity index (χ2v) is 6.51. The third kappa shape index (κ3) is 3.48. The van der Waals surface area contributed by atoms with E-state index >= 15 is 0 Å². The average Bonchev–Trinajstić information content (AvgIpc) is 2.83. The molecular weight excluding hydrogens is 254 g/mol. The predicted octanol–water partition coefficient (Wildman–Crippen LogP) is 3.71. The number of nitrogens with zero attached hydrogens (tertiary/aromatic N) is 2. The molecule has 3 nitrogen and oxygen atoms in total. The van der Waals surface area contributed by atoms with Crippen LogP contribution in [-0.4, -0.2) is 17.6 Å². The van der Waals surface area contributed by atoms with Gasteiger partial charge in [0.1, 0.15) is 0 Å². The van der Waals surface area contributed by atoms with Crippen molar-refractivity contribution >= 4 is 16.5 Å². The van der Waals surface area contributed by atoms with Crippen LogP contribution in [0.4, 0.5) is 5.13 Å². The molecule has 2 rings (SSSR count). The lowest BCUT2D eigenvalue weighted by Gasteiger charge is -2.35. The first-order valence-corrected chi connectivity index (χ1v) is 8.57. The van der Waals surface area contributed by atoms with Gasteiger partial charge in [0.2, 0.25) is 0 Å². The van der Waals surface area contributed by atoms with Crippen molar-refractivity contribution in [3.63, 3.8) is 0 Å². The van der Waals surface area contributed by atoms with Gasteiger partial charge in [-0.15, -0.1) is 11.3 Å². The molecule has 0 amide bonds. The molecule has 0 saturated carbocycles. The molecule has 0 radical (unpaired) electrons. The molecule has 1 aliphatic rings. The summed E-state index contributed by atoms with van der Waals surface area (Å²) in [6.07, 6.45) is 8.77. The number of rotatable bonds is 6. The lowest BCUT2D eigenvalue weighted by Crippen LogP contribution is -2.39. The molecule has 1 unspecified atom stereocenters. The number of nitrogens with two attached hydrogens (primary N) is 1. The minimum absolute atomic E-state index is 0.638. The topological polar surface area (TPSA) is 42.2 Å². The maximum atomic E-state index is 5.87. The zero-order valence-electron chi connectivity index (χ0n) is 12.3. The highest BCUT2D eigenvalue weighted by Crippen LogP contribution is 2.32. The van der Waals surface area contributed by atoms with Crippen molar-refractivity contribution in [3.05, 3.63) is 10.6 Å². The third-order valence-electron chi connectivity index (χ3n) is 3.93. The summed E-state index contributed by atoms with van der Waals surface area (Å²) in [5.74, 6) is 0. The van der Waals surface area contributed by atoms with Gasteiger partial charge in [0.15, 0.2) is 5.13 Å². The fourth-order valence-electron chi connectivity index (χ4n) is 2.97. The van der Waals surface area contributed by atoms with Crippen LogP contribution in [0.3, 0.4) is 0 Å². The van der Waals surface area contributed by atoms with Crippen LogP contribution >= 0.6 is 11.3 Å². The standard InChI is InChI=1S/C15H27N3S/c1-3-7-12-9-5-6-10-18(12)15-17-13(8-4-2)14(11-16)19-15/h12H,3-11,16H2,1-2H3. The summed E-state index contributed by atoms with van der Waals surface area (Å²) in [5, 5.41) is 1.22. The molecule has 108 valence electrons. The fraction of sp³-hybridized carbons (Fsp3) is 0.800. The van der Waals surface area contributed by atoms with Crippen LogP contribution < -0.4 is 10.6 Å². The molecule has 0 aromatic carbocycles. The largest absolute Gasteiger partial charge is 0.345 e. The summed E-state index contributed by atoms with van der Waals surface area (Å²) in [5.41, 5.74) is 7.11. The van der Waals surface area contributed by atoms with E-state index in [-0.39, 0.29) is 0 Å². The number of hydrogen-bond acceptors (Lipinski definition) is 4. The molecule has 2 heterocycles. The van der Waals surface area contributed by atoms with Gasteiger partial charge in [-0.25, -0.2) is 4.98 Å². The van der Waals surface area contributed by atoms with Gasteiger partial charge in [-0.1, -0.05) is 26.7 Å². The normalized spacial score (nSPS) is 19.9. The molecule has 0 bridgehead atoms. The van der Waals surface area contributed by atoms with Crippen molar-refractivity contribution in [1.29, 1.82) is 0 Å². The lowest BCUT2D eigenvalue weighted by molar-refractivity contribution is 0.434. The second-order valence-electron chi connectivity index (χ2n) is 5.45. The molecule has 0 aliphatic carbocycles. The number of hydrogen-bond donors (Lipinski definition) is 1. The van der Waals surface area contributed by atoms with E-state index in [4.69, 9.17) is 10.7 Å². The summed E-state index contributed by atoms with van der Waals surface area (Å²) in [4.78, 5) is 8.73. The van der Waals surface area contributed by atoms with Gasteiger partial charge < -0.3 is 10.6 Å². The van der Waals surface area contributed by atoms with E-state index in [1.165, 1.54) is 54.4 Å². The van der Waals surface area contributed by atoms with E-state index in [0.29, 0.717) is 12.6 Å². The number of piperidine rings is 1. The first-order chi connectivity index (χ1) is 9.30. The van der Waals surface area contributed by atoms with Crippen LogP contribution in [-0.2, 0) is 13.0 Å². The van der Waals surface area contributed by atoms with Crippen LogP contribution in [0.2, 0.25) is 0 Å². The molecule has 2 N–H and O–H groups in total. The molecule has 1 fully saturated rings. The Labute approximate surface area is 121 Å². The van der Waals surface area contributed by atoms with Gasteiger partial charge in [-0.05, 0) is 32.1 Å². The van der Waals surface area contributed by atoms with Gasteiger partial charge in [0.05, 0.1) is 5.69 Å². The van der Waals surface area contributed by atoms with Crippen LogP contribution in [0.5, 0.6) is 0 Å². The maximum Gasteiger partial charge on any atom is 0.186 e. The SMILES string of the molecule is CCCc1nc(N2CCCCC2CCC)sc1CN. The van der Waals surface area contributed by atoms with E-state index in [1.54, 1.807) is 0 Å². The van der Waals surface area contributed by atoms with Gasteiger partial charge in [0.25, 0.3) is 0 Å². The Balaban J connectivity index is 2.18. The molecule has 1 aromatic heterocycles. The Morgan fingerprint density at radius 3 is 2.84 bits per heavy atom. The van der Waals surface area contributed by atoms with Gasteiger partial charge >= 0.3 is 0 Å². The van der Waals surface area contributed by atoms with Crippen LogP contribution in [0.1, 0.15) is 62.9 Å². The average molecular weight is 281 g/mol. The van der Waals surface area contributed by atoms with Gasteiger partial charge in [-0.2, -0.15) is 0 Å². The quantitative estimate of drug-likeness (QED) is 0.864. The smallest absolute Gasteiger partial charge is 0.186 e. The van der Waals surface area contributed by atoms with Crippen LogP contribution in [0.15, 0.2) is 0 Å². The van der Waals surface area contributed by atoms with E-state index in [9.17, 15) is 0 Å². The van der Waals surface area contributed by atoms with Crippen molar-refractivity contribution in [3.8, 4) is 0 Å². The predicted molar refractivity (Wildman–Crippen MR) is 83.9 cm³/mol. The van der Waals surface area contributed by atoms with E-state index < -0.39 is 0 Å². The van der Waals surface area contributed by atoms with Crippen molar-refractivity contribution in [2.45, 2.75) is 71.4 Å². The van der Waals surface area contributed by atoms with Crippen LogP contribution in [0.25, 0.3) is 0 Å². The number of anilines is 1. The fourth-order valence-corrected chi connectivity index (χ4v) is 4.05. The second kappa shape index (κ2) is 7.25. The van der Waals surface area contributed by atoms with Crippen molar-refractivity contribution in [2.75, 3.05) is 11.4 Å². The molecule has 1 aliphatic heterocycles. The first-order valence-electron chi connectivity index (χ1n) is 7.75. The van der Waals surface area contributed by atoms with Crippen LogP contribution in [0, 0.1) is 0 Å². The van der Waals surface area contributed by atoms with Crippen molar-refractivity contribution in [1.82, 2.24) is 4.98 Å². The van der Waals surface area contributed by atoms with E-state index in [2.05, 4.69) is 18.7 Å². The Hall–Kier alpha value is -0.610. The number of thiazole rings is 1. The number of aromatic nitrogens is 1. The molecule has 4 heteroatoms. The van der Waals surface area contributed by atoms with Crippen molar-refractivity contribution in [2.24, 2.45) is 5.73 Å². The molecule has 19 heavy (non-hydrogen) atoms. The summed E-state index contributed by atoms with van der Waals surface area (Å²) in [6, 6.07) is 0.699.